The summed E-state index contributed by atoms with van der Waals surface area (Å²) in [6.45, 7) is 3.95. The van der Waals surface area contributed by atoms with Crippen molar-refractivity contribution < 1.29 is 9.72 Å². The van der Waals surface area contributed by atoms with Gasteiger partial charge < -0.3 is 0 Å². The molecule has 0 aliphatic rings. The lowest BCUT2D eigenvalue weighted by Gasteiger charge is -2.08. The van der Waals surface area contributed by atoms with Crippen molar-refractivity contribution in [2.24, 2.45) is 5.10 Å². The van der Waals surface area contributed by atoms with Crippen LogP contribution in [-0.4, -0.2) is 27.8 Å². The Morgan fingerprint density at radius 1 is 1.21 bits per heavy atom. The van der Waals surface area contributed by atoms with E-state index in [0.717, 1.165) is 27.1 Å². The Kier molecular flexibility index (Phi) is 6.00. The first kappa shape index (κ1) is 19.5. The van der Waals surface area contributed by atoms with E-state index in [1.54, 1.807) is 12.1 Å². The predicted molar refractivity (Wildman–Crippen MR) is 111 cm³/mol. The first-order valence-corrected chi connectivity index (χ1v) is 9.48. The van der Waals surface area contributed by atoms with E-state index < -0.39 is 4.92 Å². The molecule has 8 heteroatoms. The number of benzene rings is 2. The van der Waals surface area contributed by atoms with Crippen molar-refractivity contribution in [3.63, 3.8) is 0 Å². The van der Waals surface area contributed by atoms with Crippen LogP contribution in [0.25, 0.3) is 10.9 Å². The van der Waals surface area contributed by atoms with E-state index in [1.807, 2.05) is 32.0 Å². The lowest BCUT2D eigenvalue weighted by Crippen LogP contribution is -2.19. The average Bonchev–Trinajstić information content (AvgIpc) is 2.67. The van der Waals surface area contributed by atoms with E-state index in [4.69, 9.17) is 0 Å². The number of hydrogen-bond acceptors (Lipinski definition) is 6. The summed E-state index contributed by atoms with van der Waals surface area (Å²) in [6.07, 6.45) is 1.45. The maximum atomic E-state index is 12.1. The molecule has 0 saturated heterocycles. The van der Waals surface area contributed by atoms with Gasteiger partial charge in [0.05, 0.1) is 22.4 Å². The van der Waals surface area contributed by atoms with Gasteiger partial charge in [-0.15, -0.1) is 11.8 Å². The molecular formula is C20H18N4O3S. The number of non-ortho nitro benzene ring substituents is 1. The minimum Gasteiger partial charge on any atom is -0.272 e. The minimum atomic E-state index is -0.466. The number of hydrazone groups is 1. The van der Waals surface area contributed by atoms with Gasteiger partial charge in [-0.05, 0) is 49.7 Å². The van der Waals surface area contributed by atoms with Crippen molar-refractivity contribution in [1.29, 1.82) is 0 Å². The van der Waals surface area contributed by atoms with Gasteiger partial charge in [0.25, 0.3) is 5.69 Å². The van der Waals surface area contributed by atoms with Crippen molar-refractivity contribution in [3.8, 4) is 0 Å². The Labute approximate surface area is 166 Å². The Bertz CT molecular complexity index is 1060. The fourth-order valence-corrected chi connectivity index (χ4v) is 3.51. The number of aromatic nitrogens is 1. The van der Waals surface area contributed by atoms with E-state index in [2.05, 4.69) is 21.6 Å². The summed E-state index contributed by atoms with van der Waals surface area (Å²) in [6, 6.07) is 13.9. The molecule has 0 spiro atoms. The summed E-state index contributed by atoms with van der Waals surface area (Å²) in [5.41, 5.74) is 6.08. The maximum Gasteiger partial charge on any atom is 0.269 e. The van der Waals surface area contributed by atoms with E-state index >= 15 is 0 Å². The van der Waals surface area contributed by atoms with Crippen LogP contribution >= 0.6 is 11.8 Å². The topological polar surface area (TPSA) is 97.5 Å². The number of nitro benzene ring substituents is 1. The highest BCUT2D eigenvalue weighted by molar-refractivity contribution is 8.00. The van der Waals surface area contributed by atoms with E-state index in [-0.39, 0.29) is 17.3 Å². The third-order valence-electron chi connectivity index (χ3n) is 3.92. The van der Waals surface area contributed by atoms with Crippen LogP contribution in [0.2, 0.25) is 0 Å². The second kappa shape index (κ2) is 8.62. The highest BCUT2D eigenvalue weighted by Crippen LogP contribution is 2.28. The average molecular weight is 394 g/mol. The van der Waals surface area contributed by atoms with Crippen LogP contribution in [0, 0.1) is 24.0 Å². The first-order valence-electron chi connectivity index (χ1n) is 8.49. The van der Waals surface area contributed by atoms with Gasteiger partial charge in [0.15, 0.2) is 0 Å². The van der Waals surface area contributed by atoms with Gasteiger partial charge in [0, 0.05) is 28.1 Å². The van der Waals surface area contributed by atoms with Crippen LogP contribution in [0.15, 0.2) is 58.5 Å². The summed E-state index contributed by atoms with van der Waals surface area (Å²) in [4.78, 5) is 27.8. The molecule has 1 N–H and O–H groups in total. The number of carbonyl (C=O) groups is 1. The highest BCUT2D eigenvalue weighted by atomic mass is 32.2. The molecule has 0 radical (unpaired) electrons. The summed E-state index contributed by atoms with van der Waals surface area (Å²) in [5.74, 6) is -0.0252. The Morgan fingerprint density at radius 3 is 2.68 bits per heavy atom. The molecular weight excluding hydrogens is 376 g/mol. The Balaban J connectivity index is 1.61. The third kappa shape index (κ3) is 4.92. The van der Waals surface area contributed by atoms with Crippen LogP contribution in [0.4, 0.5) is 5.69 Å². The van der Waals surface area contributed by atoms with Gasteiger partial charge in [0.2, 0.25) is 5.91 Å². The van der Waals surface area contributed by atoms with Crippen molar-refractivity contribution in [3.05, 3.63) is 75.5 Å². The molecule has 0 aliphatic carbocycles. The Morgan fingerprint density at radius 2 is 1.96 bits per heavy atom. The molecule has 0 unspecified atom stereocenters. The number of fused-ring (bicyclic) bond motifs is 1. The van der Waals surface area contributed by atoms with Crippen LogP contribution in [0.5, 0.6) is 0 Å². The number of nitrogens with one attached hydrogen (secondary N) is 1. The second-order valence-electron chi connectivity index (χ2n) is 6.21. The summed E-state index contributed by atoms with van der Waals surface area (Å²) in [7, 11) is 0. The van der Waals surface area contributed by atoms with Crippen molar-refractivity contribution in [2.75, 3.05) is 5.75 Å². The van der Waals surface area contributed by atoms with Gasteiger partial charge in [-0.2, -0.15) is 5.10 Å². The normalized spacial score (nSPS) is 11.1. The molecule has 0 atom stereocenters. The standard InChI is InChI=1S/C20H18N4O3S/c1-13-3-8-18-17(9-13)19(10-14(2)22-18)28-12-20(25)23-21-11-15-4-6-16(7-5-15)24(26)27/h3-11H,12H2,1-2H3,(H,23,25)/b21-11+. The number of pyridine rings is 1. The molecule has 1 aromatic heterocycles. The lowest BCUT2D eigenvalue weighted by atomic mass is 10.1. The maximum absolute atomic E-state index is 12.1. The number of carbonyl (C=O) groups excluding carboxylic acids is 1. The molecule has 142 valence electrons. The zero-order chi connectivity index (χ0) is 20.1. The number of nitrogens with zero attached hydrogens (tertiary/aromatic N) is 3. The van der Waals surface area contributed by atoms with Gasteiger partial charge in [-0.1, -0.05) is 11.6 Å². The van der Waals surface area contributed by atoms with Crippen LogP contribution < -0.4 is 5.43 Å². The molecule has 3 aromatic rings. The molecule has 0 saturated carbocycles. The number of amides is 1. The van der Waals surface area contributed by atoms with Crippen LogP contribution in [0.3, 0.4) is 0 Å². The monoisotopic (exact) mass is 394 g/mol. The van der Waals surface area contributed by atoms with Crippen molar-refractivity contribution in [1.82, 2.24) is 10.4 Å². The summed E-state index contributed by atoms with van der Waals surface area (Å²) < 4.78 is 0. The van der Waals surface area contributed by atoms with Crippen molar-refractivity contribution in [2.45, 2.75) is 18.7 Å². The molecule has 7 nitrogen and oxygen atoms in total. The highest BCUT2D eigenvalue weighted by Gasteiger charge is 2.08. The quantitative estimate of drug-likeness (QED) is 0.295. The van der Waals surface area contributed by atoms with Gasteiger partial charge in [-0.25, -0.2) is 5.43 Å². The van der Waals surface area contributed by atoms with Gasteiger partial charge in [0.1, 0.15) is 0 Å². The zero-order valence-electron chi connectivity index (χ0n) is 15.4. The third-order valence-corrected chi connectivity index (χ3v) is 4.98. The minimum absolute atomic E-state index is 0.00712. The molecule has 0 aliphatic heterocycles. The fourth-order valence-electron chi connectivity index (χ4n) is 2.59. The molecule has 28 heavy (non-hydrogen) atoms. The van der Waals surface area contributed by atoms with Gasteiger partial charge in [-0.3, -0.25) is 19.9 Å². The molecule has 0 fully saturated rings. The first-order chi connectivity index (χ1) is 13.4. The van der Waals surface area contributed by atoms with E-state index in [1.165, 1.54) is 30.1 Å². The van der Waals surface area contributed by atoms with E-state index in [0.29, 0.717) is 5.56 Å². The number of hydrogen-bond donors (Lipinski definition) is 1. The smallest absolute Gasteiger partial charge is 0.269 e. The SMILES string of the molecule is Cc1ccc2nc(C)cc(SCC(=O)N/N=C/c3ccc([N+](=O)[O-])cc3)c2c1. The number of aryl methyl sites for hydroxylation is 2. The molecule has 2 aromatic carbocycles. The summed E-state index contributed by atoms with van der Waals surface area (Å²) >= 11 is 1.43. The molecule has 3 rings (SSSR count). The zero-order valence-corrected chi connectivity index (χ0v) is 16.2. The van der Waals surface area contributed by atoms with Crippen LogP contribution in [-0.2, 0) is 4.79 Å². The molecule has 0 bridgehead atoms. The molecule has 1 amide bonds. The van der Waals surface area contributed by atoms with Crippen molar-refractivity contribution >= 4 is 40.5 Å². The molecule has 1 heterocycles. The second-order valence-corrected chi connectivity index (χ2v) is 7.23. The fraction of sp³-hybridized carbons (Fsp3) is 0.150. The predicted octanol–water partition coefficient (Wildman–Crippen LogP) is 4.00. The van der Waals surface area contributed by atoms with Crippen LogP contribution in [0.1, 0.15) is 16.8 Å². The number of nitro groups is 1. The van der Waals surface area contributed by atoms with Gasteiger partial charge >= 0.3 is 0 Å². The van der Waals surface area contributed by atoms with E-state index in [9.17, 15) is 14.9 Å². The lowest BCUT2D eigenvalue weighted by molar-refractivity contribution is -0.384. The Hall–Kier alpha value is -3.26. The largest absolute Gasteiger partial charge is 0.272 e. The number of thioether (sulfide) groups is 1. The number of rotatable bonds is 6. The summed E-state index contributed by atoms with van der Waals surface area (Å²) in [5, 5.41) is 15.6.